The van der Waals surface area contributed by atoms with Crippen molar-refractivity contribution in [2.45, 2.75) is 31.3 Å². The second-order valence-corrected chi connectivity index (χ2v) is 5.19. The van der Waals surface area contributed by atoms with E-state index in [4.69, 9.17) is 0 Å². The fraction of sp³-hybridized carbons (Fsp3) is 0.294. The van der Waals surface area contributed by atoms with Crippen molar-refractivity contribution in [3.63, 3.8) is 0 Å². The summed E-state index contributed by atoms with van der Waals surface area (Å²) in [5.74, 6) is -0.143. The Balaban J connectivity index is 1.92. The van der Waals surface area contributed by atoms with Gasteiger partial charge in [-0.2, -0.15) is 0 Å². The number of benzene rings is 2. The molecule has 2 unspecified atom stereocenters. The number of aryl methyl sites for hydroxylation is 1. The standard InChI is InChI=1S/C17H17FO/c18-14-10-8-13(9-11-14)17(19)16-7-3-5-12-4-1-2-6-15(12)16/h1-2,4,6,8-11,16-17,19H,3,5,7H2. The quantitative estimate of drug-likeness (QED) is 0.861. The van der Waals surface area contributed by atoms with Gasteiger partial charge in [0, 0.05) is 5.92 Å². The first-order chi connectivity index (χ1) is 9.25. The highest BCUT2D eigenvalue weighted by molar-refractivity contribution is 5.35. The third-order valence-corrected chi connectivity index (χ3v) is 4.01. The molecule has 1 aliphatic rings. The molecule has 2 heteroatoms. The van der Waals surface area contributed by atoms with Crippen LogP contribution in [0.2, 0.25) is 0 Å². The van der Waals surface area contributed by atoms with Crippen LogP contribution in [0.3, 0.4) is 0 Å². The molecule has 2 aromatic carbocycles. The number of rotatable bonds is 2. The third kappa shape index (κ3) is 2.41. The summed E-state index contributed by atoms with van der Waals surface area (Å²) in [5, 5.41) is 10.6. The average Bonchev–Trinajstić information content (AvgIpc) is 2.47. The second-order valence-electron chi connectivity index (χ2n) is 5.19. The molecule has 0 heterocycles. The molecule has 98 valence electrons. The topological polar surface area (TPSA) is 20.2 Å². The van der Waals surface area contributed by atoms with E-state index in [9.17, 15) is 9.50 Å². The molecule has 1 N–H and O–H groups in total. The Morgan fingerprint density at radius 1 is 1.05 bits per heavy atom. The Morgan fingerprint density at radius 3 is 2.58 bits per heavy atom. The van der Waals surface area contributed by atoms with Crippen molar-refractivity contribution in [1.82, 2.24) is 0 Å². The maximum absolute atomic E-state index is 12.9. The zero-order chi connectivity index (χ0) is 13.2. The van der Waals surface area contributed by atoms with Crippen molar-refractivity contribution >= 4 is 0 Å². The van der Waals surface area contributed by atoms with Crippen LogP contribution in [-0.2, 0) is 6.42 Å². The summed E-state index contributed by atoms with van der Waals surface area (Å²) in [4.78, 5) is 0. The highest BCUT2D eigenvalue weighted by Gasteiger charge is 2.27. The first-order valence-electron chi connectivity index (χ1n) is 6.77. The van der Waals surface area contributed by atoms with Gasteiger partial charge in [0.2, 0.25) is 0 Å². The molecule has 19 heavy (non-hydrogen) atoms. The summed E-state index contributed by atoms with van der Waals surface area (Å²) < 4.78 is 12.9. The number of hydrogen-bond donors (Lipinski definition) is 1. The molecule has 1 aliphatic carbocycles. The van der Waals surface area contributed by atoms with Gasteiger partial charge in [0.15, 0.2) is 0 Å². The van der Waals surface area contributed by atoms with Gasteiger partial charge in [-0.25, -0.2) is 4.39 Å². The van der Waals surface area contributed by atoms with Crippen LogP contribution >= 0.6 is 0 Å². The van der Waals surface area contributed by atoms with E-state index >= 15 is 0 Å². The first-order valence-corrected chi connectivity index (χ1v) is 6.77. The second kappa shape index (κ2) is 5.14. The lowest BCUT2D eigenvalue weighted by atomic mass is 9.78. The normalized spacial score (nSPS) is 19.8. The van der Waals surface area contributed by atoms with Crippen molar-refractivity contribution in [3.8, 4) is 0 Å². The minimum absolute atomic E-state index is 0.121. The SMILES string of the molecule is OC(c1ccc(F)cc1)C1CCCc2ccccc21. The molecular formula is C17H17FO. The molecule has 0 radical (unpaired) electrons. The number of aliphatic hydroxyl groups is 1. The van der Waals surface area contributed by atoms with E-state index in [2.05, 4.69) is 12.1 Å². The smallest absolute Gasteiger partial charge is 0.123 e. The Hall–Kier alpha value is -1.67. The average molecular weight is 256 g/mol. The van der Waals surface area contributed by atoms with E-state index in [1.54, 1.807) is 12.1 Å². The van der Waals surface area contributed by atoms with E-state index < -0.39 is 6.10 Å². The summed E-state index contributed by atoms with van der Waals surface area (Å²) >= 11 is 0. The van der Waals surface area contributed by atoms with Crippen molar-refractivity contribution in [1.29, 1.82) is 0 Å². The third-order valence-electron chi connectivity index (χ3n) is 4.01. The monoisotopic (exact) mass is 256 g/mol. The summed E-state index contributed by atoms with van der Waals surface area (Å²) in [5.41, 5.74) is 3.37. The molecule has 0 aromatic heterocycles. The molecule has 0 aliphatic heterocycles. The number of aliphatic hydroxyl groups excluding tert-OH is 1. The van der Waals surface area contributed by atoms with Crippen molar-refractivity contribution < 1.29 is 9.50 Å². The maximum atomic E-state index is 12.9. The van der Waals surface area contributed by atoms with Gasteiger partial charge in [-0.3, -0.25) is 0 Å². The zero-order valence-corrected chi connectivity index (χ0v) is 10.7. The van der Waals surface area contributed by atoms with Crippen molar-refractivity contribution in [2.24, 2.45) is 0 Å². The summed E-state index contributed by atoms with van der Waals surface area (Å²) in [6, 6.07) is 14.5. The van der Waals surface area contributed by atoms with Gasteiger partial charge < -0.3 is 5.11 Å². The largest absolute Gasteiger partial charge is 0.388 e. The van der Waals surface area contributed by atoms with E-state index in [0.29, 0.717) is 0 Å². The van der Waals surface area contributed by atoms with Gasteiger partial charge in [0.25, 0.3) is 0 Å². The Bertz CT molecular complexity index is 562. The predicted molar refractivity (Wildman–Crippen MR) is 73.5 cm³/mol. The minimum atomic E-state index is -0.554. The van der Waals surface area contributed by atoms with Gasteiger partial charge in [-0.15, -0.1) is 0 Å². The van der Waals surface area contributed by atoms with Gasteiger partial charge >= 0.3 is 0 Å². The number of fused-ring (bicyclic) bond motifs is 1. The van der Waals surface area contributed by atoms with E-state index in [1.807, 2.05) is 12.1 Å². The molecule has 2 atom stereocenters. The van der Waals surface area contributed by atoms with Crippen LogP contribution in [0.15, 0.2) is 48.5 Å². The molecular weight excluding hydrogens is 239 g/mol. The molecule has 0 spiro atoms. The Kier molecular flexibility index (Phi) is 3.34. The van der Waals surface area contributed by atoms with Gasteiger partial charge in [0.1, 0.15) is 5.82 Å². The molecule has 0 saturated heterocycles. The Labute approximate surface area is 112 Å². The first kappa shape index (κ1) is 12.4. The molecule has 1 nitrogen and oxygen atoms in total. The van der Waals surface area contributed by atoms with Crippen LogP contribution < -0.4 is 0 Å². The van der Waals surface area contributed by atoms with Crippen LogP contribution in [-0.4, -0.2) is 5.11 Å². The lowest BCUT2D eigenvalue weighted by Gasteiger charge is -2.29. The molecule has 0 fully saturated rings. The molecule has 3 rings (SSSR count). The number of halogens is 1. The number of hydrogen-bond acceptors (Lipinski definition) is 1. The molecule has 0 bridgehead atoms. The fourth-order valence-corrected chi connectivity index (χ4v) is 3.01. The van der Waals surface area contributed by atoms with Gasteiger partial charge in [-0.05, 0) is 48.1 Å². The van der Waals surface area contributed by atoms with E-state index in [-0.39, 0.29) is 11.7 Å². The van der Waals surface area contributed by atoms with Crippen LogP contribution in [0.5, 0.6) is 0 Å². The molecule has 0 amide bonds. The van der Waals surface area contributed by atoms with Crippen LogP contribution in [0.25, 0.3) is 0 Å². The minimum Gasteiger partial charge on any atom is -0.388 e. The van der Waals surface area contributed by atoms with Crippen LogP contribution in [0.4, 0.5) is 4.39 Å². The van der Waals surface area contributed by atoms with Crippen molar-refractivity contribution in [2.75, 3.05) is 0 Å². The summed E-state index contributed by atoms with van der Waals surface area (Å²) in [7, 11) is 0. The van der Waals surface area contributed by atoms with Crippen LogP contribution in [0.1, 0.15) is 41.6 Å². The lowest BCUT2D eigenvalue weighted by Crippen LogP contribution is -2.17. The Morgan fingerprint density at radius 2 is 1.79 bits per heavy atom. The maximum Gasteiger partial charge on any atom is 0.123 e. The summed E-state index contributed by atoms with van der Waals surface area (Å²) in [6.07, 6.45) is 2.61. The zero-order valence-electron chi connectivity index (χ0n) is 10.7. The molecule has 0 saturated carbocycles. The highest BCUT2D eigenvalue weighted by Crippen LogP contribution is 2.40. The lowest BCUT2D eigenvalue weighted by molar-refractivity contribution is 0.136. The predicted octanol–water partition coefficient (Wildman–Crippen LogP) is 3.98. The van der Waals surface area contributed by atoms with E-state index in [1.165, 1.54) is 23.3 Å². The van der Waals surface area contributed by atoms with Gasteiger partial charge in [0.05, 0.1) is 6.10 Å². The van der Waals surface area contributed by atoms with E-state index in [0.717, 1.165) is 24.8 Å². The summed E-state index contributed by atoms with van der Waals surface area (Å²) in [6.45, 7) is 0. The fourth-order valence-electron chi connectivity index (χ4n) is 3.01. The highest BCUT2D eigenvalue weighted by atomic mass is 19.1. The van der Waals surface area contributed by atoms with Gasteiger partial charge in [-0.1, -0.05) is 36.4 Å². The molecule has 2 aromatic rings. The van der Waals surface area contributed by atoms with Crippen LogP contribution in [0, 0.1) is 5.82 Å². The van der Waals surface area contributed by atoms with Crippen molar-refractivity contribution in [3.05, 3.63) is 71.0 Å².